The molecule has 132 valence electrons. The molecule has 5 heteroatoms. The van der Waals surface area contributed by atoms with Gasteiger partial charge in [-0.05, 0) is 49.6 Å². The molecule has 3 rings (SSSR count). The van der Waals surface area contributed by atoms with Crippen molar-refractivity contribution in [3.05, 3.63) is 71.2 Å². The van der Waals surface area contributed by atoms with Gasteiger partial charge in [0.2, 0.25) is 0 Å². The number of nitrogens with zero attached hydrogens (tertiary/aromatic N) is 2. The van der Waals surface area contributed by atoms with E-state index in [0.717, 1.165) is 24.2 Å². The minimum Gasteiger partial charge on any atom is -0.507 e. The minimum absolute atomic E-state index is 0.0146. The predicted molar refractivity (Wildman–Crippen MR) is 98.4 cm³/mol. The number of aromatic hydroxyl groups is 1. The summed E-state index contributed by atoms with van der Waals surface area (Å²) in [6.07, 6.45) is 6.65. The number of carbonyl (C=O) groups excluding carboxylic acids is 1. The summed E-state index contributed by atoms with van der Waals surface area (Å²) in [4.78, 5) is 13.7. The van der Waals surface area contributed by atoms with Crippen molar-refractivity contribution in [3.63, 3.8) is 0 Å². The first-order valence-electron chi connectivity index (χ1n) is 8.56. The molecular weight excluding hydrogens is 328 g/mol. The highest BCUT2D eigenvalue weighted by Crippen LogP contribution is 2.26. The maximum atomic E-state index is 12.0. The van der Waals surface area contributed by atoms with Gasteiger partial charge in [-0.2, -0.15) is 5.26 Å². The maximum Gasteiger partial charge on any atom is 0.257 e. The van der Waals surface area contributed by atoms with Gasteiger partial charge in [0.25, 0.3) is 5.91 Å². The second-order valence-electron chi connectivity index (χ2n) is 6.09. The summed E-state index contributed by atoms with van der Waals surface area (Å²) in [5.41, 5.74) is 2.59. The normalized spacial score (nSPS) is 14.2. The first-order chi connectivity index (χ1) is 12.6. The van der Waals surface area contributed by atoms with E-state index < -0.39 is 0 Å². The summed E-state index contributed by atoms with van der Waals surface area (Å²) in [5.74, 6) is 0.545. The van der Waals surface area contributed by atoms with Gasteiger partial charge < -0.3 is 14.4 Å². The van der Waals surface area contributed by atoms with Crippen LogP contribution in [0.5, 0.6) is 5.75 Å². The van der Waals surface area contributed by atoms with Crippen LogP contribution < -0.4 is 0 Å². The molecular formula is C21H20N2O3. The summed E-state index contributed by atoms with van der Waals surface area (Å²) in [5, 5.41) is 19.4. The van der Waals surface area contributed by atoms with Gasteiger partial charge in [-0.3, -0.25) is 4.79 Å². The molecule has 1 aliphatic rings. The van der Waals surface area contributed by atoms with Crippen molar-refractivity contribution >= 4 is 11.5 Å². The van der Waals surface area contributed by atoms with E-state index in [1.165, 1.54) is 0 Å². The van der Waals surface area contributed by atoms with E-state index in [9.17, 15) is 15.2 Å². The molecule has 0 radical (unpaired) electrons. The van der Waals surface area contributed by atoms with E-state index in [-0.39, 0.29) is 11.7 Å². The van der Waals surface area contributed by atoms with Gasteiger partial charge in [0.1, 0.15) is 11.5 Å². The quantitative estimate of drug-likeness (QED) is 0.487. The molecule has 1 aromatic carbocycles. The fraction of sp³-hybridized carbons (Fsp3) is 0.238. The highest BCUT2D eigenvalue weighted by molar-refractivity contribution is 5.98. The molecule has 0 atom stereocenters. The van der Waals surface area contributed by atoms with E-state index in [2.05, 4.69) is 6.07 Å². The van der Waals surface area contributed by atoms with Crippen LogP contribution in [0.15, 0.2) is 58.7 Å². The lowest BCUT2D eigenvalue weighted by Gasteiger charge is -2.07. The third kappa shape index (κ3) is 3.86. The summed E-state index contributed by atoms with van der Waals surface area (Å²) in [6.45, 7) is 3.33. The summed E-state index contributed by atoms with van der Waals surface area (Å²) >= 11 is 0. The first-order valence-corrected chi connectivity index (χ1v) is 8.56. The number of aryl methyl sites for hydroxylation is 1. The van der Waals surface area contributed by atoms with Crippen LogP contribution in [0.1, 0.15) is 35.0 Å². The molecule has 1 amide bonds. The van der Waals surface area contributed by atoms with E-state index in [4.69, 9.17) is 4.42 Å². The van der Waals surface area contributed by atoms with Crippen molar-refractivity contribution in [3.8, 4) is 11.8 Å². The number of furan rings is 1. The lowest BCUT2D eigenvalue weighted by atomic mass is 10.0. The van der Waals surface area contributed by atoms with Crippen molar-refractivity contribution in [1.29, 1.82) is 5.26 Å². The standard InChI is InChI=1S/C21H20N2O3/c1-2-16(14-22)17(20-7-4-12-26-20)6-3-5-15-8-9-18(19(24)13-15)21(25)23-10-11-23/h2,4,6-9,12-13,24H,3,5,10-11H2,1H3/b16-2-,17-6+. The van der Waals surface area contributed by atoms with Gasteiger partial charge in [0.05, 0.1) is 23.5 Å². The average molecular weight is 348 g/mol. The number of nitriles is 1. The van der Waals surface area contributed by atoms with Gasteiger partial charge in [-0.15, -0.1) is 0 Å². The Hall–Kier alpha value is -3.26. The molecule has 0 saturated carbocycles. The second-order valence-corrected chi connectivity index (χ2v) is 6.09. The van der Waals surface area contributed by atoms with Gasteiger partial charge in [0, 0.05) is 18.7 Å². The number of hydrogen-bond acceptors (Lipinski definition) is 4. The third-order valence-corrected chi connectivity index (χ3v) is 4.29. The zero-order chi connectivity index (χ0) is 18.5. The van der Waals surface area contributed by atoms with E-state index in [0.29, 0.717) is 29.7 Å². The predicted octanol–water partition coefficient (Wildman–Crippen LogP) is 3.93. The van der Waals surface area contributed by atoms with Crippen LogP contribution in [0.3, 0.4) is 0 Å². The molecule has 0 aliphatic carbocycles. The Morgan fingerprint density at radius 2 is 2.19 bits per heavy atom. The molecule has 1 aromatic heterocycles. The Bertz CT molecular complexity index is 898. The molecule has 26 heavy (non-hydrogen) atoms. The molecule has 0 bridgehead atoms. The monoisotopic (exact) mass is 348 g/mol. The fourth-order valence-corrected chi connectivity index (χ4v) is 2.78. The van der Waals surface area contributed by atoms with E-state index >= 15 is 0 Å². The van der Waals surface area contributed by atoms with Gasteiger partial charge in [-0.1, -0.05) is 18.2 Å². The summed E-state index contributed by atoms with van der Waals surface area (Å²) in [7, 11) is 0. The van der Waals surface area contributed by atoms with Gasteiger partial charge >= 0.3 is 0 Å². The molecule has 2 aromatic rings. The van der Waals surface area contributed by atoms with Crippen molar-refractivity contribution in [2.45, 2.75) is 19.8 Å². The molecule has 2 heterocycles. The lowest BCUT2D eigenvalue weighted by Crippen LogP contribution is -2.10. The number of phenolic OH excluding ortho intramolecular Hbond substituents is 1. The van der Waals surface area contributed by atoms with E-state index in [1.54, 1.807) is 35.4 Å². The molecule has 1 saturated heterocycles. The highest BCUT2D eigenvalue weighted by atomic mass is 16.3. The van der Waals surface area contributed by atoms with Crippen molar-refractivity contribution < 1.29 is 14.3 Å². The molecule has 1 N–H and O–H groups in total. The van der Waals surface area contributed by atoms with Crippen LogP contribution in [-0.2, 0) is 6.42 Å². The number of rotatable bonds is 6. The maximum absolute atomic E-state index is 12.0. The van der Waals surface area contributed by atoms with Crippen LogP contribution >= 0.6 is 0 Å². The third-order valence-electron chi connectivity index (χ3n) is 4.29. The number of allylic oxidation sites excluding steroid dienone is 4. The number of hydrogen-bond donors (Lipinski definition) is 1. The Kier molecular flexibility index (Phi) is 5.23. The number of phenols is 1. The molecule has 1 fully saturated rings. The SMILES string of the molecule is C/C=C(C#N)\C(=C/CCc1ccc(C(=O)N2CC2)c(O)c1)c1ccco1. The fourth-order valence-electron chi connectivity index (χ4n) is 2.78. The minimum atomic E-state index is -0.124. The van der Waals surface area contributed by atoms with Crippen LogP contribution in [0.25, 0.3) is 5.57 Å². The summed E-state index contributed by atoms with van der Waals surface area (Å²) < 4.78 is 5.43. The number of amides is 1. The van der Waals surface area contributed by atoms with Gasteiger partial charge in [-0.25, -0.2) is 0 Å². The average Bonchev–Trinajstić information content (AvgIpc) is 3.36. The Morgan fingerprint density at radius 1 is 1.38 bits per heavy atom. The highest BCUT2D eigenvalue weighted by Gasteiger charge is 2.27. The van der Waals surface area contributed by atoms with Crippen LogP contribution in [0.2, 0.25) is 0 Å². The first kappa shape index (κ1) is 17.6. The van der Waals surface area contributed by atoms with Gasteiger partial charge in [0.15, 0.2) is 0 Å². The largest absolute Gasteiger partial charge is 0.507 e. The second kappa shape index (κ2) is 7.75. The molecule has 0 spiro atoms. The molecule has 1 aliphatic heterocycles. The molecule has 5 nitrogen and oxygen atoms in total. The number of carbonyl (C=O) groups is 1. The van der Waals surface area contributed by atoms with Crippen molar-refractivity contribution in [2.24, 2.45) is 0 Å². The van der Waals surface area contributed by atoms with Crippen molar-refractivity contribution in [2.75, 3.05) is 13.1 Å². The zero-order valence-corrected chi connectivity index (χ0v) is 14.6. The number of benzene rings is 1. The topological polar surface area (TPSA) is 77.2 Å². The van der Waals surface area contributed by atoms with Crippen LogP contribution in [0, 0.1) is 11.3 Å². The Labute approximate surface area is 152 Å². The van der Waals surface area contributed by atoms with Crippen LogP contribution in [0.4, 0.5) is 0 Å². The Balaban J connectivity index is 1.73. The molecule has 0 unspecified atom stereocenters. The summed E-state index contributed by atoms with van der Waals surface area (Å²) in [6, 6.07) is 11.0. The van der Waals surface area contributed by atoms with Crippen molar-refractivity contribution in [1.82, 2.24) is 4.90 Å². The zero-order valence-electron chi connectivity index (χ0n) is 14.6. The van der Waals surface area contributed by atoms with Crippen LogP contribution in [-0.4, -0.2) is 29.0 Å². The lowest BCUT2D eigenvalue weighted by molar-refractivity contribution is 0.0882. The van der Waals surface area contributed by atoms with E-state index in [1.807, 2.05) is 25.1 Å². The smallest absolute Gasteiger partial charge is 0.257 e. The Morgan fingerprint density at radius 3 is 2.77 bits per heavy atom.